The number of anilines is 1. The fourth-order valence-electron chi connectivity index (χ4n) is 2.60. The number of hydrogen-bond donors (Lipinski definition) is 2. The zero-order valence-corrected chi connectivity index (χ0v) is 15.5. The Hall–Kier alpha value is -2.71. The lowest BCUT2D eigenvalue weighted by atomic mass is 10.1. The lowest BCUT2D eigenvalue weighted by Gasteiger charge is -2.08. The fourth-order valence-corrected chi connectivity index (χ4v) is 3.51. The summed E-state index contributed by atoms with van der Waals surface area (Å²) in [5.74, 6) is 1.34. The summed E-state index contributed by atoms with van der Waals surface area (Å²) in [7, 11) is 0. The number of hydrogen-bond acceptors (Lipinski definition) is 6. The van der Waals surface area contributed by atoms with Crippen LogP contribution in [0.3, 0.4) is 0 Å². The van der Waals surface area contributed by atoms with Gasteiger partial charge in [-0.05, 0) is 36.1 Å². The molecular formula is C19H20N4O3S. The summed E-state index contributed by atoms with van der Waals surface area (Å²) >= 11 is 1.45. The predicted molar refractivity (Wildman–Crippen MR) is 101 cm³/mol. The zero-order chi connectivity index (χ0) is 18.5. The van der Waals surface area contributed by atoms with E-state index in [1.165, 1.54) is 24.2 Å². The second-order valence-corrected chi connectivity index (χ2v) is 7.43. The molecule has 0 saturated heterocycles. The van der Waals surface area contributed by atoms with Crippen molar-refractivity contribution in [1.29, 1.82) is 0 Å². The molecule has 0 spiro atoms. The van der Waals surface area contributed by atoms with Crippen LogP contribution in [0, 0.1) is 0 Å². The summed E-state index contributed by atoms with van der Waals surface area (Å²) in [4.78, 5) is 12.1. The molecule has 0 bridgehead atoms. The quantitative estimate of drug-likeness (QED) is 0.612. The van der Waals surface area contributed by atoms with Crippen LogP contribution in [0.1, 0.15) is 40.7 Å². The topological polar surface area (TPSA) is 89.3 Å². The summed E-state index contributed by atoms with van der Waals surface area (Å²) < 4.78 is 10.9. The highest BCUT2D eigenvalue weighted by atomic mass is 32.1. The average Bonchev–Trinajstić information content (AvgIpc) is 3.19. The third-order valence-electron chi connectivity index (χ3n) is 4.13. The Morgan fingerprint density at radius 1 is 1.19 bits per heavy atom. The van der Waals surface area contributed by atoms with Gasteiger partial charge in [0, 0.05) is 12.5 Å². The van der Waals surface area contributed by atoms with E-state index >= 15 is 0 Å². The van der Waals surface area contributed by atoms with Gasteiger partial charge in [0.15, 0.2) is 0 Å². The van der Waals surface area contributed by atoms with Crippen molar-refractivity contribution < 1.29 is 13.9 Å². The first-order valence-corrected chi connectivity index (χ1v) is 9.64. The Morgan fingerprint density at radius 3 is 2.89 bits per heavy atom. The maximum Gasteiger partial charge on any atom is 0.321 e. The number of benzene rings is 1. The number of nitrogens with zero attached hydrogens (tertiary/aromatic N) is 2. The largest absolute Gasteiger partial charge is 0.467 e. The third-order valence-corrected chi connectivity index (χ3v) is 5.13. The Kier molecular flexibility index (Phi) is 5.45. The van der Waals surface area contributed by atoms with Crippen molar-refractivity contribution in [1.82, 2.24) is 15.5 Å². The minimum absolute atomic E-state index is 0.284. The van der Waals surface area contributed by atoms with Gasteiger partial charge in [-0.25, -0.2) is 4.79 Å². The number of amides is 2. The molecule has 1 fully saturated rings. The molecule has 27 heavy (non-hydrogen) atoms. The fraction of sp³-hybridized carbons (Fsp3) is 0.316. The molecule has 0 radical (unpaired) electrons. The van der Waals surface area contributed by atoms with Crippen LogP contribution in [-0.4, -0.2) is 16.2 Å². The standard InChI is InChI=1S/C19H20N4O3S/c24-18(21-19-23-22-17(27-19)15-6-7-15)20-10-13-3-1-4-14(9-13)11-25-12-16-5-2-8-26-16/h1-5,8-9,15H,6-7,10-12H2,(H2,20,21,23,24). The summed E-state index contributed by atoms with van der Waals surface area (Å²) in [6.07, 6.45) is 3.97. The van der Waals surface area contributed by atoms with Crippen molar-refractivity contribution in [3.05, 3.63) is 64.6 Å². The number of ether oxygens (including phenoxy) is 1. The van der Waals surface area contributed by atoms with Crippen LogP contribution < -0.4 is 10.6 Å². The number of nitrogens with one attached hydrogen (secondary N) is 2. The van der Waals surface area contributed by atoms with Gasteiger partial charge in [0.25, 0.3) is 0 Å². The van der Waals surface area contributed by atoms with Crippen molar-refractivity contribution in [3.63, 3.8) is 0 Å². The number of carbonyl (C=O) groups is 1. The van der Waals surface area contributed by atoms with Crippen molar-refractivity contribution in [3.8, 4) is 0 Å². The zero-order valence-electron chi connectivity index (χ0n) is 14.7. The smallest absolute Gasteiger partial charge is 0.321 e. The molecule has 1 saturated carbocycles. The first-order valence-electron chi connectivity index (χ1n) is 8.82. The molecule has 4 rings (SSSR count). The molecule has 7 nitrogen and oxygen atoms in total. The normalized spacial score (nSPS) is 13.5. The minimum Gasteiger partial charge on any atom is -0.467 e. The van der Waals surface area contributed by atoms with Crippen LogP contribution in [0.25, 0.3) is 0 Å². The van der Waals surface area contributed by atoms with E-state index in [0.29, 0.717) is 30.8 Å². The number of urea groups is 1. The van der Waals surface area contributed by atoms with E-state index in [-0.39, 0.29) is 6.03 Å². The molecule has 1 aliphatic rings. The molecule has 1 aromatic carbocycles. The Bertz CT molecular complexity index is 890. The van der Waals surface area contributed by atoms with E-state index in [9.17, 15) is 4.79 Å². The average molecular weight is 384 g/mol. The molecule has 2 N–H and O–H groups in total. The maximum absolute atomic E-state index is 12.1. The first-order chi connectivity index (χ1) is 13.3. The predicted octanol–water partition coefficient (Wildman–Crippen LogP) is 4.05. The molecule has 8 heteroatoms. The molecular weight excluding hydrogens is 364 g/mol. The summed E-state index contributed by atoms with van der Waals surface area (Å²) in [5, 5.41) is 15.3. The van der Waals surface area contributed by atoms with Gasteiger partial charge in [0.1, 0.15) is 17.4 Å². The van der Waals surface area contributed by atoms with E-state index in [2.05, 4.69) is 20.8 Å². The molecule has 1 aliphatic carbocycles. The van der Waals surface area contributed by atoms with Gasteiger partial charge in [0.05, 0.1) is 12.9 Å². The van der Waals surface area contributed by atoms with Gasteiger partial charge in [-0.2, -0.15) is 0 Å². The van der Waals surface area contributed by atoms with Crippen LogP contribution >= 0.6 is 11.3 Å². The third kappa shape index (κ3) is 5.15. The molecule has 2 heterocycles. The van der Waals surface area contributed by atoms with E-state index in [0.717, 1.165) is 21.9 Å². The van der Waals surface area contributed by atoms with E-state index in [4.69, 9.17) is 9.15 Å². The molecule has 2 aromatic heterocycles. The summed E-state index contributed by atoms with van der Waals surface area (Å²) in [6.45, 7) is 1.34. The van der Waals surface area contributed by atoms with Gasteiger partial charge in [-0.1, -0.05) is 35.6 Å². The molecule has 140 valence electrons. The number of carbonyl (C=O) groups excluding carboxylic acids is 1. The Balaban J connectivity index is 1.23. The Morgan fingerprint density at radius 2 is 2.07 bits per heavy atom. The van der Waals surface area contributed by atoms with Gasteiger partial charge < -0.3 is 14.5 Å². The van der Waals surface area contributed by atoms with Crippen LogP contribution in [0.4, 0.5) is 9.93 Å². The summed E-state index contributed by atoms with van der Waals surface area (Å²) in [5.41, 5.74) is 2.04. The lowest BCUT2D eigenvalue weighted by molar-refractivity contribution is 0.0929. The van der Waals surface area contributed by atoms with Crippen LogP contribution in [0.2, 0.25) is 0 Å². The van der Waals surface area contributed by atoms with E-state index in [1.807, 2.05) is 36.4 Å². The van der Waals surface area contributed by atoms with Gasteiger partial charge in [-0.15, -0.1) is 10.2 Å². The highest BCUT2D eigenvalue weighted by Gasteiger charge is 2.27. The van der Waals surface area contributed by atoms with E-state index < -0.39 is 0 Å². The van der Waals surface area contributed by atoms with E-state index in [1.54, 1.807) is 6.26 Å². The molecule has 0 atom stereocenters. The molecule has 0 unspecified atom stereocenters. The minimum atomic E-state index is -0.284. The molecule has 3 aromatic rings. The second kappa shape index (κ2) is 8.32. The monoisotopic (exact) mass is 384 g/mol. The van der Waals surface area contributed by atoms with Crippen molar-refractivity contribution >= 4 is 22.5 Å². The van der Waals surface area contributed by atoms with Gasteiger partial charge >= 0.3 is 6.03 Å². The molecule has 0 aliphatic heterocycles. The van der Waals surface area contributed by atoms with Gasteiger partial charge in [0.2, 0.25) is 5.13 Å². The SMILES string of the molecule is O=C(NCc1cccc(COCc2ccco2)c1)Nc1nnc(C2CC2)s1. The maximum atomic E-state index is 12.1. The van der Waals surface area contributed by atoms with Crippen molar-refractivity contribution in [2.24, 2.45) is 0 Å². The second-order valence-electron chi connectivity index (χ2n) is 6.42. The number of furan rings is 1. The van der Waals surface area contributed by atoms with Crippen LogP contribution in [0.15, 0.2) is 47.1 Å². The summed E-state index contributed by atoms with van der Waals surface area (Å²) in [6, 6.07) is 11.4. The Labute approximate surface area is 160 Å². The van der Waals surface area contributed by atoms with Crippen molar-refractivity contribution in [2.45, 2.75) is 38.5 Å². The van der Waals surface area contributed by atoms with Crippen molar-refractivity contribution in [2.75, 3.05) is 5.32 Å². The lowest BCUT2D eigenvalue weighted by Crippen LogP contribution is -2.28. The van der Waals surface area contributed by atoms with Gasteiger partial charge in [-0.3, -0.25) is 5.32 Å². The highest BCUT2D eigenvalue weighted by molar-refractivity contribution is 7.15. The number of aromatic nitrogens is 2. The first kappa shape index (κ1) is 17.7. The number of rotatable bonds is 8. The molecule has 2 amide bonds. The van der Waals surface area contributed by atoms with Crippen LogP contribution in [0.5, 0.6) is 0 Å². The van der Waals surface area contributed by atoms with Crippen LogP contribution in [-0.2, 0) is 24.5 Å². The highest BCUT2D eigenvalue weighted by Crippen LogP contribution is 2.41.